The summed E-state index contributed by atoms with van der Waals surface area (Å²) in [6.07, 6.45) is 1.51. The molecule has 1 N–H and O–H groups in total. The van der Waals surface area contributed by atoms with Gasteiger partial charge in [0.2, 0.25) is 0 Å². The van der Waals surface area contributed by atoms with Gasteiger partial charge in [-0.25, -0.2) is 13.4 Å². The highest BCUT2D eigenvalue weighted by molar-refractivity contribution is 7.93. The van der Waals surface area contributed by atoms with E-state index in [1.54, 1.807) is 18.4 Å². The van der Waals surface area contributed by atoms with Crippen LogP contribution >= 0.6 is 34.5 Å². The molecule has 2 aromatic rings. The number of hydrogen-bond acceptors (Lipinski definition) is 4. The van der Waals surface area contributed by atoms with Crippen molar-refractivity contribution in [3.63, 3.8) is 0 Å². The first kappa shape index (κ1) is 13.6. The maximum Gasteiger partial charge on any atom is 0.265 e. The van der Waals surface area contributed by atoms with Crippen LogP contribution in [0.25, 0.3) is 0 Å². The lowest BCUT2D eigenvalue weighted by atomic mass is 10.2. The molecule has 4 nitrogen and oxygen atoms in total. The van der Waals surface area contributed by atoms with Crippen molar-refractivity contribution in [2.45, 2.75) is 11.8 Å². The second-order valence-corrected chi connectivity index (χ2v) is 6.83. The Morgan fingerprint density at radius 2 is 2.06 bits per heavy atom. The molecule has 0 saturated carbocycles. The average molecular weight is 323 g/mol. The van der Waals surface area contributed by atoms with E-state index >= 15 is 0 Å². The molecular formula is C10H8Cl2N2O2S2. The lowest BCUT2D eigenvalue weighted by Crippen LogP contribution is -2.14. The molecule has 0 saturated heterocycles. The van der Waals surface area contributed by atoms with Crippen LogP contribution < -0.4 is 4.72 Å². The number of anilines is 1. The molecule has 2 rings (SSSR count). The fourth-order valence-corrected chi connectivity index (χ4v) is 4.45. The second kappa shape index (κ2) is 5.05. The number of aromatic nitrogens is 1. The predicted molar refractivity (Wildman–Crippen MR) is 74.1 cm³/mol. The summed E-state index contributed by atoms with van der Waals surface area (Å²) in [6.45, 7) is 1.63. The Labute approximate surface area is 119 Å². The molecule has 1 aromatic carbocycles. The van der Waals surface area contributed by atoms with Gasteiger partial charge in [-0.05, 0) is 24.6 Å². The van der Waals surface area contributed by atoms with Gasteiger partial charge in [-0.2, -0.15) is 0 Å². The van der Waals surface area contributed by atoms with Gasteiger partial charge in [0, 0.05) is 16.6 Å². The summed E-state index contributed by atoms with van der Waals surface area (Å²) < 4.78 is 26.7. The van der Waals surface area contributed by atoms with Gasteiger partial charge in [-0.1, -0.05) is 23.2 Å². The summed E-state index contributed by atoms with van der Waals surface area (Å²) in [6, 6.07) is 2.94. The number of aryl methyl sites for hydroxylation is 1. The molecule has 0 fully saturated rings. The molecule has 0 amide bonds. The molecule has 0 unspecified atom stereocenters. The van der Waals surface area contributed by atoms with Gasteiger partial charge < -0.3 is 0 Å². The summed E-state index contributed by atoms with van der Waals surface area (Å²) in [4.78, 5) is 3.88. The zero-order valence-corrected chi connectivity index (χ0v) is 12.3. The van der Waals surface area contributed by atoms with E-state index in [0.717, 1.165) is 0 Å². The largest absolute Gasteiger partial charge is 0.265 e. The van der Waals surface area contributed by atoms with Crippen LogP contribution in [0.4, 0.5) is 5.13 Å². The van der Waals surface area contributed by atoms with E-state index in [1.165, 1.54) is 23.6 Å². The Hall–Kier alpha value is -0.820. The number of sulfonamides is 1. The van der Waals surface area contributed by atoms with Crippen LogP contribution in [0, 0.1) is 6.92 Å². The standard InChI is InChI=1S/C10H8Cl2N2O2S2/c1-6-4-7(11)5-8(12)9(6)18(15,16)14-10-13-2-3-17-10/h2-5H,1H3,(H,13,14). The molecule has 0 spiro atoms. The lowest BCUT2D eigenvalue weighted by Gasteiger charge is -2.10. The van der Waals surface area contributed by atoms with Crippen LogP contribution in [-0.4, -0.2) is 13.4 Å². The number of thiazole rings is 1. The van der Waals surface area contributed by atoms with Crippen LogP contribution in [0.3, 0.4) is 0 Å². The lowest BCUT2D eigenvalue weighted by molar-refractivity contribution is 0.600. The van der Waals surface area contributed by atoms with E-state index in [0.29, 0.717) is 15.7 Å². The van der Waals surface area contributed by atoms with Crippen LogP contribution in [-0.2, 0) is 10.0 Å². The number of benzene rings is 1. The van der Waals surface area contributed by atoms with Gasteiger partial charge in [-0.3, -0.25) is 4.72 Å². The molecule has 0 aliphatic heterocycles. The Bertz CT molecular complexity index is 646. The van der Waals surface area contributed by atoms with Crippen molar-refractivity contribution in [1.82, 2.24) is 4.98 Å². The number of rotatable bonds is 3. The maximum absolute atomic E-state index is 12.2. The second-order valence-electron chi connectivity index (χ2n) is 3.48. The number of halogens is 2. The van der Waals surface area contributed by atoms with Crippen molar-refractivity contribution in [3.8, 4) is 0 Å². The Morgan fingerprint density at radius 1 is 1.33 bits per heavy atom. The zero-order chi connectivity index (χ0) is 13.3. The van der Waals surface area contributed by atoms with Crippen molar-refractivity contribution in [2.24, 2.45) is 0 Å². The third kappa shape index (κ3) is 2.77. The third-order valence-electron chi connectivity index (χ3n) is 2.12. The molecule has 8 heteroatoms. The van der Waals surface area contributed by atoms with Crippen molar-refractivity contribution in [3.05, 3.63) is 39.3 Å². The first-order valence-corrected chi connectivity index (χ1v) is 7.90. The molecular weight excluding hydrogens is 315 g/mol. The average Bonchev–Trinajstić information content (AvgIpc) is 2.66. The fourth-order valence-electron chi connectivity index (χ4n) is 1.47. The van der Waals surface area contributed by atoms with Crippen LogP contribution in [0.2, 0.25) is 10.0 Å². The first-order valence-electron chi connectivity index (χ1n) is 4.78. The Kier molecular flexibility index (Phi) is 3.82. The van der Waals surface area contributed by atoms with Crippen molar-refractivity contribution in [2.75, 3.05) is 4.72 Å². The fraction of sp³-hybridized carbons (Fsp3) is 0.100. The quantitative estimate of drug-likeness (QED) is 0.939. The van der Waals surface area contributed by atoms with Gasteiger partial charge in [0.05, 0.1) is 5.02 Å². The van der Waals surface area contributed by atoms with Gasteiger partial charge in [0.15, 0.2) is 5.13 Å². The molecule has 0 radical (unpaired) electrons. The first-order chi connectivity index (χ1) is 8.40. The minimum Gasteiger partial charge on any atom is -0.255 e. The monoisotopic (exact) mass is 322 g/mol. The number of nitrogens with zero attached hydrogens (tertiary/aromatic N) is 1. The zero-order valence-electron chi connectivity index (χ0n) is 9.15. The topological polar surface area (TPSA) is 59.1 Å². The van der Waals surface area contributed by atoms with E-state index in [4.69, 9.17) is 23.2 Å². The molecule has 0 bridgehead atoms. The highest BCUT2D eigenvalue weighted by atomic mass is 35.5. The SMILES string of the molecule is Cc1cc(Cl)cc(Cl)c1S(=O)(=O)Nc1nccs1. The Balaban J connectivity index is 2.48. The summed E-state index contributed by atoms with van der Waals surface area (Å²) in [5, 5.41) is 2.45. The van der Waals surface area contributed by atoms with Gasteiger partial charge in [-0.15, -0.1) is 11.3 Å². The summed E-state index contributed by atoms with van der Waals surface area (Å²) in [5.74, 6) is 0. The minimum atomic E-state index is -3.75. The number of nitrogens with one attached hydrogen (secondary N) is 1. The van der Waals surface area contributed by atoms with Gasteiger partial charge >= 0.3 is 0 Å². The molecule has 0 aliphatic carbocycles. The van der Waals surface area contributed by atoms with E-state index in [1.807, 2.05) is 0 Å². The summed E-state index contributed by atoms with van der Waals surface area (Å²) in [5.41, 5.74) is 0.483. The van der Waals surface area contributed by atoms with E-state index in [9.17, 15) is 8.42 Å². The predicted octanol–water partition coefficient (Wildman–Crippen LogP) is 3.56. The smallest absolute Gasteiger partial charge is 0.255 e. The highest BCUT2D eigenvalue weighted by Crippen LogP contribution is 2.30. The third-order valence-corrected chi connectivity index (χ3v) is 5.10. The normalized spacial score (nSPS) is 11.5. The van der Waals surface area contributed by atoms with E-state index in [-0.39, 0.29) is 9.92 Å². The molecule has 1 heterocycles. The van der Waals surface area contributed by atoms with Crippen LogP contribution in [0.1, 0.15) is 5.56 Å². The van der Waals surface area contributed by atoms with Crippen molar-refractivity contribution >= 4 is 49.7 Å². The summed E-state index contributed by atoms with van der Waals surface area (Å²) >= 11 is 12.9. The minimum absolute atomic E-state index is 0.0174. The molecule has 0 atom stereocenters. The number of hydrogen-bond donors (Lipinski definition) is 1. The molecule has 0 aliphatic rings. The van der Waals surface area contributed by atoms with Crippen LogP contribution in [0.15, 0.2) is 28.6 Å². The van der Waals surface area contributed by atoms with Gasteiger partial charge in [0.1, 0.15) is 4.90 Å². The molecule has 18 heavy (non-hydrogen) atoms. The van der Waals surface area contributed by atoms with Crippen molar-refractivity contribution < 1.29 is 8.42 Å². The van der Waals surface area contributed by atoms with E-state index in [2.05, 4.69) is 9.71 Å². The van der Waals surface area contributed by atoms with Crippen molar-refractivity contribution in [1.29, 1.82) is 0 Å². The van der Waals surface area contributed by atoms with E-state index < -0.39 is 10.0 Å². The Morgan fingerprint density at radius 3 is 2.61 bits per heavy atom. The van der Waals surface area contributed by atoms with Crippen LogP contribution in [0.5, 0.6) is 0 Å². The van der Waals surface area contributed by atoms with Gasteiger partial charge in [0.25, 0.3) is 10.0 Å². The summed E-state index contributed by atoms with van der Waals surface area (Å²) in [7, 11) is -3.75. The maximum atomic E-state index is 12.2. The molecule has 96 valence electrons. The molecule has 1 aromatic heterocycles. The highest BCUT2D eigenvalue weighted by Gasteiger charge is 2.22.